The molecule has 1 aromatic rings. The largest absolute Gasteiger partial charge is 0.492 e. The van der Waals surface area contributed by atoms with Gasteiger partial charge in [0.05, 0.1) is 18.0 Å². The van der Waals surface area contributed by atoms with Gasteiger partial charge in [-0.25, -0.2) is 0 Å². The van der Waals surface area contributed by atoms with Gasteiger partial charge in [0.2, 0.25) is 0 Å². The highest BCUT2D eigenvalue weighted by atomic mass is 16.5. The molecule has 1 aromatic carbocycles. The normalized spacial score (nSPS) is 15.4. The maximum absolute atomic E-state index is 6.05. The van der Waals surface area contributed by atoms with Gasteiger partial charge in [-0.1, -0.05) is 25.3 Å². The van der Waals surface area contributed by atoms with E-state index >= 15 is 0 Å². The zero-order valence-electron chi connectivity index (χ0n) is 10.5. The van der Waals surface area contributed by atoms with E-state index in [1.807, 2.05) is 25.1 Å². The van der Waals surface area contributed by atoms with Crippen LogP contribution >= 0.6 is 0 Å². The average molecular weight is 234 g/mol. The van der Waals surface area contributed by atoms with Gasteiger partial charge in [-0.3, -0.25) is 0 Å². The number of ether oxygens (including phenoxy) is 1. The topological polar surface area (TPSA) is 47.3 Å². The number of para-hydroxylation sites is 1. The summed E-state index contributed by atoms with van der Waals surface area (Å²) in [5.41, 5.74) is 7.77. The Morgan fingerprint density at radius 3 is 2.88 bits per heavy atom. The van der Waals surface area contributed by atoms with Crippen molar-refractivity contribution in [2.45, 2.75) is 32.6 Å². The van der Waals surface area contributed by atoms with E-state index in [1.54, 1.807) is 0 Å². The lowest BCUT2D eigenvalue weighted by atomic mass is 9.83. The Bertz CT molecular complexity index is 361. The molecule has 0 radical (unpaired) electrons. The summed E-state index contributed by atoms with van der Waals surface area (Å²) in [6.07, 6.45) is 5.46. The van der Waals surface area contributed by atoms with Gasteiger partial charge in [0.25, 0.3) is 0 Å². The van der Waals surface area contributed by atoms with Gasteiger partial charge in [0.15, 0.2) is 0 Å². The lowest BCUT2D eigenvalue weighted by molar-refractivity contribution is 0.303. The third-order valence-electron chi connectivity index (χ3n) is 3.46. The molecule has 1 fully saturated rings. The number of anilines is 2. The maximum Gasteiger partial charge on any atom is 0.144 e. The fraction of sp³-hybridized carbons (Fsp3) is 0.571. The van der Waals surface area contributed by atoms with Gasteiger partial charge in [0.1, 0.15) is 5.75 Å². The van der Waals surface area contributed by atoms with Gasteiger partial charge < -0.3 is 15.8 Å². The van der Waals surface area contributed by atoms with E-state index < -0.39 is 0 Å². The summed E-state index contributed by atoms with van der Waals surface area (Å²) in [6.45, 7) is 3.62. The number of nitrogens with one attached hydrogen (secondary N) is 1. The highest BCUT2D eigenvalue weighted by molar-refractivity contribution is 5.72. The van der Waals surface area contributed by atoms with E-state index in [2.05, 4.69) is 5.32 Å². The SMILES string of the molecule is CCOc1cccc(NCCC2CCC2)c1N. The summed E-state index contributed by atoms with van der Waals surface area (Å²) >= 11 is 0. The van der Waals surface area contributed by atoms with Gasteiger partial charge in [-0.15, -0.1) is 0 Å². The molecule has 3 N–H and O–H groups in total. The number of hydrogen-bond donors (Lipinski definition) is 2. The lowest BCUT2D eigenvalue weighted by Gasteiger charge is -2.25. The zero-order valence-corrected chi connectivity index (χ0v) is 10.5. The van der Waals surface area contributed by atoms with Gasteiger partial charge in [-0.2, -0.15) is 0 Å². The number of nitrogens with two attached hydrogens (primary N) is 1. The predicted octanol–water partition coefficient (Wildman–Crippen LogP) is 3.27. The Hall–Kier alpha value is -1.38. The summed E-state index contributed by atoms with van der Waals surface area (Å²) in [6, 6.07) is 5.90. The molecule has 1 saturated carbocycles. The van der Waals surface area contributed by atoms with Crippen molar-refractivity contribution in [2.24, 2.45) is 5.92 Å². The molecular weight excluding hydrogens is 212 g/mol. The highest BCUT2D eigenvalue weighted by Gasteiger charge is 2.16. The third kappa shape index (κ3) is 3.05. The van der Waals surface area contributed by atoms with Crippen LogP contribution in [0.25, 0.3) is 0 Å². The zero-order chi connectivity index (χ0) is 12.1. The number of benzene rings is 1. The molecule has 0 atom stereocenters. The molecule has 0 heterocycles. The van der Waals surface area contributed by atoms with Crippen molar-refractivity contribution in [2.75, 3.05) is 24.2 Å². The molecule has 0 unspecified atom stereocenters. The van der Waals surface area contributed by atoms with Crippen molar-refractivity contribution in [3.8, 4) is 5.75 Å². The van der Waals surface area contributed by atoms with Crippen molar-refractivity contribution in [3.63, 3.8) is 0 Å². The molecule has 3 nitrogen and oxygen atoms in total. The molecule has 0 aliphatic heterocycles. The van der Waals surface area contributed by atoms with Crippen LogP contribution in [0, 0.1) is 5.92 Å². The fourth-order valence-corrected chi connectivity index (χ4v) is 2.17. The Kier molecular flexibility index (Phi) is 4.13. The molecular formula is C14H22N2O. The first-order valence-electron chi connectivity index (χ1n) is 6.56. The van der Waals surface area contributed by atoms with E-state index in [0.29, 0.717) is 6.61 Å². The Balaban J connectivity index is 1.87. The molecule has 0 amide bonds. The summed E-state index contributed by atoms with van der Waals surface area (Å²) in [7, 11) is 0. The highest BCUT2D eigenvalue weighted by Crippen LogP contribution is 2.31. The van der Waals surface area contributed by atoms with Crippen LogP contribution in [0.5, 0.6) is 5.75 Å². The summed E-state index contributed by atoms with van der Waals surface area (Å²) < 4.78 is 5.47. The molecule has 0 saturated heterocycles. The smallest absolute Gasteiger partial charge is 0.144 e. The van der Waals surface area contributed by atoms with Crippen LogP contribution < -0.4 is 15.8 Å². The van der Waals surface area contributed by atoms with Gasteiger partial charge in [0, 0.05) is 6.54 Å². The van der Waals surface area contributed by atoms with Crippen molar-refractivity contribution >= 4 is 11.4 Å². The first-order chi connectivity index (χ1) is 8.31. The molecule has 0 aromatic heterocycles. The average Bonchev–Trinajstić information content (AvgIpc) is 2.27. The molecule has 3 heteroatoms. The third-order valence-corrected chi connectivity index (χ3v) is 3.46. The van der Waals surface area contributed by atoms with Crippen molar-refractivity contribution < 1.29 is 4.74 Å². The molecule has 17 heavy (non-hydrogen) atoms. The number of rotatable bonds is 6. The Labute approximate surface area is 103 Å². The Morgan fingerprint density at radius 1 is 1.41 bits per heavy atom. The molecule has 94 valence electrons. The summed E-state index contributed by atoms with van der Waals surface area (Å²) in [4.78, 5) is 0. The van der Waals surface area contributed by atoms with Crippen LogP contribution in [0.15, 0.2) is 18.2 Å². The van der Waals surface area contributed by atoms with Crippen LogP contribution in [-0.4, -0.2) is 13.2 Å². The first kappa shape index (κ1) is 12.1. The van der Waals surface area contributed by atoms with Crippen molar-refractivity contribution in [1.29, 1.82) is 0 Å². The van der Waals surface area contributed by atoms with Crippen molar-refractivity contribution in [1.82, 2.24) is 0 Å². The van der Waals surface area contributed by atoms with Gasteiger partial charge in [-0.05, 0) is 31.4 Å². The van der Waals surface area contributed by atoms with Crippen LogP contribution in [0.4, 0.5) is 11.4 Å². The molecule has 2 rings (SSSR count). The molecule has 0 bridgehead atoms. The quantitative estimate of drug-likeness (QED) is 0.743. The number of nitrogen functional groups attached to an aromatic ring is 1. The van der Waals surface area contributed by atoms with E-state index in [9.17, 15) is 0 Å². The second kappa shape index (κ2) is 5.80. The predicted molar refractivity (Wildman–Crippen MR) is 72.5 cm³/mol. The minimum Gasteiger partial charge on any atom is -0.492 e. The minimum atomic E-state index is 0.649. The van der Waals surface area contributed by atoms with Gasteiger partial charge >= 0.3 is 0 Å². The van der Waals surface area contributed by atoms with Crippen molar-refractivity contribution in [3.05, 3.63) is 18.2 Å². The standard InChI is InChI=1S/C14H22N2O/c1-2-17-13-8-4-7-12(14(13)15)16-10-9-11-5-3-6-11/h4,7-8,11,16H,2-3,5-6,9-10,15H2,1H3. The fourth-order valence-electron chi connectivity index (χ4n) is 2.17. The van der Waals surface area contributed by atoms with Crippen LogP contribution in [0.3, 0.4) is 0 Å². The lowest BCUT2D eigenvalue weighted by Crippen LogP contribution is -2.16. The summed E-state index contributed by atoms with van der Waals surface area (Å²) in [5.74, 6) is 1.71. The monoisotopic (exact) mass is 234 g/mol. The van der Waals surface area contributed by atoms with E-state index in [1.165, 1.54) is 25.7 Å². The minimum absolute atomic E-state index is 0.649. The Morgan fingerprint density at radius 2 is 2.24 bits per heavy atom. The van der Waals surface area contributed by atoms with Crippen LogP contribution in [-0.2, 0) is 0 Å². The maximum atomic E-state index is 6.05. The van der Waals surface area contributed by atoms with Crippen LogP contribution in [0.1, 0.15) is 32.6 Å². The first-order valence-corrected chi connectivity index (χ1v) is 6.56. The van der Waals surface area contributed by atoms with E-state index in [0.717, 1.165) is 29.6 Å². The van der Waals surface area contributed by atoms with E-state index in [4.69, 9.17) is 10.5 Å². The molecule has 1 aliphatic rings. The molecule has 0 spiro atoms. The number of hydrogen-bond acceptors (Lipinski definition) is 3. The molecule has 1 aliphatic carbocycles. The van der Waals surface area contributed by atoms with Crippen LogP contribution in [0.2, 0.25) is 0 Å². The second-order valence-corrected chi connectivity index (χ2v) is 4.66. The summed E-state index contributed by atoms with van der Waals surface area (Å²) in [5, 5.41) is 3.41. The second-order valence-electron chi connectivity index (χ2n) is 4.66. The van der Waals surface area contributed by atoms with E-state index in [-0.39, 0.29) is 0 Å².